The molecule has 0 unspecified atom stereocenters. The van der Waals surface area contributed by atoms with Gasteiger partial charge in [-0.25, -0.2) is 0 Å². The second-order valence-electron chi connectivity index (χ2n) is 4.47. The summed E-state index contributed by atoms with van der Waals surface area (Å²) in [5.74, 6) is 0.687. The summed E-state index contributed by atoms with van der Waals surface area (Å²) in [6.07, 6.45) is 0. The van der Waals surface area contributed by atoms with Crippen molar-refractivity contribution in [2.45, 2.75) is 6.92 Å². The largest absolute Gasteiger partial charge is 0.495 e. The standard InChI is InChI=1S/C13H20ClN3O/c1-3-16-4-6-17(7-5-16)12-9-13(18-2)11(15)8-10(12)14/h8-9H,3-7,15H2,1-2H3. The van der Waals surface area contributed by atoms with Crippen molar-refractivity contribution in [2.24, 2.45) is 0 Å². The van der Waals surface area contributed by atoms with Crippen LogP contribution in [0.5, 0.6) is 5.75 Å². The molecule has 0 amide bonds. The minimum absolute atomic E-state index is 0.582. The third kappa shape index (κ3) is 2.65. The number of benzene rings is 1. The molecular formula is C13H20ClN3O. The highest BCUT2D eigenvalue weighted by atomic mass is 35.5. The smallest absolute Gasteiger partial charge is 0.143 e. The lowest BCUT2D eigenvalue weighted by molar-refractivity contribution is 0.271. The lowest BCUT2D eigenvalue weighted by Crippen LogP contribution is -2.46. The zero-order valence-corrected chi connectivity index (χ0v) is 11.7. The Balaban J connectivity index is 2.18. The number of likely N-dealkylation sites (N-methyl/N-ethyl adjacent to an activating group) is 1. The Bertz CT molecular complexity index is 417. The van der Waals surface area contributed by atoms with E-state index in [1.165, 1.54) is 0 Å². The molecule has 1 fully saturated rings. The monoisotopic (exact) mass is 269 g/mol. The van der Waals surface area contributed by atoms with Crippen LogP contribution in [0.3, 0.4) is 0 Å². The Hall–Kier alpha value is -1.13. The third-order valence-electron chi connectivity index (χ3n) is 3.46. The van der Waals surface area contributed by atoms with Crippen molar-refractivity contribution in [3.05, 3.63) is 17.2 Å². The van der Waals surface area contributed by atoms with E-state index in [0.29, 0.717) is 16.5 Å². The Morgan fingerprint density at radius 2 is 1.94 bits per heavy atom. The molecule has 4 nitrogen and oxygen atoms in total. The summed E-state index contributed by atoms with van der Waals surface area (Å²) in [6.45, 7) is 7.40. The van der Waals surface area contributed by atoms with Crippen molar-refractivity contribution < 1.29 is 4.74 Å². The van der Waals surface area contributed by atoms with Crippen molar-refractivity contribution in [3.63, 3.8) is 0 Å². The number of rotatable bonds is 3. The number of anilines is 2. The molecule has 0 saturated carbocycles. The number of piperazine rings is 1. The van der Waals surface area contributed by atoms with Gasteiger partial charge < -0.3 is 20.3 Å². The van der Waals surface area contributed by atoms with Gasteiger partial charge in [0.05, 0.1) is 23.5 Å². The highest BCUT2D eigenvalue weighted by Crippen LogP contribution is 2.35. The molecule has 0 aliphatic carbocycles. The lowest BCUT2D eigenvalue weighted by Gasteiger charge is -2.36. The van der Waals surface area contributed by atoms with Crippen molar-refractivity contribution in [2.75, 3.05) is 50.5 Å². The number of methoxy groups -OCH3 is 1. The van der Waals surface area contributed by atoms with E-state index in [4.69, 9.17) is 22.1 Å². The Labute approximate surface area is 113 Å². The van der Waals surface area contributed by atoms with Gasteiger partial charge in [0.2, 0.25) is 0 Å². The SMILES string of the molecule is CCN1CCN(c2cc(OC)c(N)cc2Cl)CC1. The molecule has 0 atom stereocenters. The first-order chi connectivity index (χ1) is 8.65. The van der Waals surface area contributed by atoms with Crippen LogP contribution in [-0.2, 0) is 0 Å². The first kappa shape index (κ1) is 13.3. The van der Waals surface area contributed by atoms with Crippen molar-refractivity contribution in [1.29, 1.82) is 0 Å². The normalized spacial score (nSPS) is 16.9. The van der Waals surface area contributed by atoms with Gasteiger partial charge in [-0.1, -0.05) is 18.5 Å². The number of nitrogen functional groups attached to an aromatic ring is 1. The van der Waals surface area contributed by atoms with Gasteiger partial charge in [-0.3, -0.25) is 0 Å². The molecule has 0 bridgehead atoms. The van der Waals surface area contributed by atoms with Crippen LogP contribution in [0.1, 0.15) is 6.92 Å². The maximum atomic E-state index is 6.27. The number of ether oxygens (including phenoxy) is 1. The summed E-state index contributed by atoms with van der Waals surface area (Å²) in [7, 11) is 1.62. The van der Waals surface area contributed by atoms with Gasteiger partial charge in [-0.2, -0.15) is 0 Å². The van der Waals surface area contributed by atoms with E-state index in [1.54, 1.807) is 13.2 Å². The molecule has 1 aliphatic heterocycles. The predicted octanol–water partition coefficient (Wildman–Crippen LogP) is 2.07. The Morgan fingerprint density at radius 1 is 1.28 bits per heavy atom. The topological polar surface area (TPSA) is 41.7 Å². The van der Waals surface area contributed by atoms with E-state index in [2.05, 4.69) is 16.7 Å². The Morgan fingerprint density at radius 3 is 2.50 bits per heavy atom. The van der Waals surface area contributed by atoms with Gasteiger partial charge in [0.1, 0.15) is 5.75 Å². The molecule has 0 aromatic heterocycles. The number of hydrogen-bond acceptors (Lipinski definition) is 4. The molecule has 1 saturated heterocycles. The zero-order chi connectivity index (χ0) is 13.1. The summed E-state index contributed by atoms with van der Waals surface area (Å²) >= 11 is 6.27. The van der Waals surface area contributed by atoms with Crippen LogP contribution in [0.25, 0.3) is 0 Å². The molecule has 1 heterocycles. The first-order valence-electron chi connectivity index (χ1n) is 6.26. The quantitative estimate of drug-likeness (QED) is 0.853. The molecule has 2 N–H and O–H groups in total. The van der Waals surface area contributed by atoms with Crippen LogP contribution in [0, 0.1) is 0 Å². The summed E-state index contributed by atoms with van der Waals surface area (Å²) in [5, 5.41) is 0.693. The van der Waals surface area contributed by atoms with Crippen molar-refractivity contribution in [3.8, 4) is 5.75 Å². The molecule has 5 heteroatoms. The number of nitrogens with zero attached hydrogens (tertiary/aromatic N) is 2. The van der Waals surface area contributed by atoms with Crippen LogP contribution in [0.4, 0.5) is 11.4 Å². The van der Waals surface area contributed by atoms with Crippen LogP contribution in [-0.4, -0.2) is 44.7 Å². The van der Waals surface area contributed by atoms with Crippen LogP contribution < -0.4 is 15.4 Å². The summed E-state index contributed by atoms with van der Waals surface area (Å²) in [6, 6.07) is 3.70. The molecule has 1 aromatic carbocycles. The predicted molar refractivity (Wildman–Crippen MR) is 76.7 cm³/mol. The summed E-state index contributed by atoms with van der Waals surface area (Å²) in [5.41, 5.74) is 7.43. The average molecular weight is 270 g/mol. The fourth-order valence-electron chi connectivity index (χ4n) is 2.28. The lowest BCUT2D eigenvalue weighted by atomic mass is 10.2. The molecule has 0 spiro atoms. The zero-order valence-electron chi connectivity index (χ0n) is 10.9. The minimum Gasteiger partial charge on any atom is -0.495 e. The summed E-state index contributed by atoms with van der Waals surface area (Å²) < 4.78 is 5.25. The Kier molecular flexibility index (Phi) is 4.19. The van der Waals surface area contributed by atoms with Crippen LogP contribution >= 0.6 is 11.6 Å². The number of hydrogen-bond donors (Lipinski definition) is 1. The maximum absolute atomic E-state index is 6.27. The highest BCUT2D eigenvalue weighted by Gasteiger charge is 2.19. The average Bonchev–Trinajstić information content (AvgIpc) is 2.39. The highest BCUT2D eigenvalue weighted by molar-refractivity contribution is 6.33. The van der Waals surface area contributed by atoms with E-state index < -0.39 is 0 Å². The number of nitrogens with two attached hydrogens (primary N) is 1. The molecular weight excluding hydrogens is 250 g/mol. The minimum atomic E-state index is 0.582. The van der Waals surface area contributed by atoms with Gasteiger partial charge in [0.15, 0.2) is 0 Å². The van der Waals surface area contributed by atoms with Gasteiger partial charge in [-0.15, -0.1) is 0 Å². The molecule has 1 aromatic rings. The molecule has 1 aliphatic rings. The van der Waals surface area contributed by atoms with E-state index in [9.17, 15) is 0 Å². The van der Waals surface area contributed by atoms with Gasteiger partial charge in [0, 0.05) is 32.2 Å². The van der Waals surface area contributed by atoms with Gasteiger partial charge in [-0.05, 0) is 12.6 Å². The van der Waals surface area contributed by atoms with E-state index >= 15 is 0 Å². The maximum Gasteiger partial charge on any atom is 0.143 e. The second-order valence-corrected chi connectivity index (χ2v) is 4.87. The molecule has 0 radical (unpaired) electrons. The molecule has 100 valence electrons. The van der Waals surface area contributed by atoms with Crippen LogP contribution in [0.2, 0.25) is 5.02 Å². The number of halogens is 1. The fraction of sp³-hybridized carbons (Fsp3) is 0.538. The second kappa shape index (κ2) is 5.67. The van der Waals surface area contributed by atoms with E-state index in [1.807, 2.05) is 6.07 Å². The third-order valence-corrected chi connectivity index (χ3v) is 3.76. The van der Waals surface area contributed by atoms with E-state index in [-0.39, 0.29) is 0 Å². The molecule has 18 heavy (non-hydrogen) atoms. The fourth-order valence-corrected chi connectivity index (χ4v) is 2.57. The van der Waals surface area contributed by atoms with Crippen molar-refractivity contribution in [1.82, 2.24) is 4.90 Å². The van der Waals surface area contributed by atoms with Gasteiger partial charge in [0.25, 0.3) is 0 Å². The van der Waals surface area contributed by atoms with Crippen LogP contribution in [0.15, 0.2) is 12.1 Å². The molecule has 2 rings (SSSR count). The first-order valence-corrected chi connectivity index (χ1v) is 6.63. The summed E-state index contributed by atoms with van der Waals surface area (Å²) in [4.78, 5) is 4.72. The van der Waals surface area contributed by atoms with Crippen molar-refractivity contribution >= 4 is 23.0 Å². The van der Waals surface area contributed by atoms with E-state index in [0.717, 1.165) is 38.4 Å². The van der Waals surface area contributed by atoms with Gasteiger partial charge >= 0.3 is 0 Å².